The summed E-state index contributed by atoms with van der Waals surface area (Å²) in [6.45, 7) is 0.193. The molecule has 0 fully saturated rings. The lowest BCUT2D eigenvalue weighted by Crippen LogP contribution is -2.06. The van der Waals surface area contributed by atoms with E-state index in [2.05, 4.69) is 4.98 Å². The number of pyridine rings is 1. The first kappa shape index (κ1) is 13.7. The van der Waals surface area contributed by atoms with E-state index in [9.17, 15) is 13.2 Å². The molecule has 0 aliphatic rings. The van der Waals surface area contributed by atoms with Crippen molar-refractivity contribution < 1.29 is 17.9 Å². The maximum atomic E-state index is 12.4. The number of aromatic nitrogens is 1. The largest absolute Gasteiger partial charge is 0.472 e. The summed E-state index contributed by atoms with van der Waals surface area (Å²) in [4.78, 5) is 3.59. The monoisotopic (exact) mass is 287 g/mol. The molecule has 1 aromatic heterocycles. The number of ether oxygens (including phenoxy) is 1. The van der Waals surface area contributed by atoms with Crippen LogP contribution in [0.3, 0.4) is 0 Å². The van der Waals surface area contributed by atoms with Crippen molar-refractivity contribution >= 4 is 11.6 Å². The Morgan fingerprint density at radius 3 is 2.42 bits per heavy atom. The Morgan fingerprint density at radius 1 is 1.16 bits per heavy atom. The second kappa shape index (κ2) is 5.48. The van der Waals surface area contributed by atoms with Crippen LogP contribution in [0.15, 0.2) is 42.6 Å². The molecule has 0 aliphatic carbocycles. The number of hydrogen-bond acceptors (Lipinski definition) is 2. The Hall–Kier alpha value is -1.75. The summed E-state index contributed by atoms with van der Waals surface area (Å²) in [5.41, 5.74) is -0.0233. The number of benzene rings is 1. The van der Waals surface area contributed by atoms with Gasteiger partial charge in [0, 0.05) is 6.20 Å². The second-order valence-electron chi connectivity index (χ2n) is 3.78. The minimum atomic E-state index is -4.46. The predicted octanol–water partition coefficient (Wildman–Crippen LogP) is 4.33. The summed E-state index contributed by atoms with van der Waals surface area (Å²) in [6, 6.07) is 9.98. The molecule has 0 bridgehead atoms. The van der Waals surface area contributed by atoms with Crippen molar-refractivity contribution in [2.24, 2.45) is 0 Å². The summed E-state index contributed by atoms with van der Waals surface area (Å²) in [5, 5.41) is -0.161. The standard InChI is InChI=1S/C13H9ClF3NO/c14-11-6-10(13(15,16)17)7-18-12(11)19-8-9-4-2-1-3-5-9/h1-7H,8H2. The van der Waals surface area contributed by atoms with Gasteiger partial charge in [-0.3, -0.25) is 0 Å². The van der Waals surface area contributed by atoms with Gasteiger partial charge in [0.25, 0.3) is 0 Å². The van der Waals surface area contributed by atoms with Gasteiger partial charge in [0.05, 0.1) is 5.56 Å². The molecule has 1 heterocycles. The van der Waals surface area contributed by atoms with Crippen LogP contribution in [-0.2, 0) is 12.8 Å². The number of halogens is 4. The van der Waals surface area contributed by atoms with Crippen molar-refractivity contribution in [3.05, 3.63) is 58.7 Å². The minimum Gasteiger partial charge on any atom is -0.472 e. The molecule has 2 aromatic rings. The van der Waals surface area contributed by atoms with Gasteiger partial charge in [-0.15, -0.1) is 0 Å². The fraction of sp³-hybridized carbons (Fsp3) is 0.154. The van der Waals surface area contributed by atoms with E-state index in [-0.39, 0.29) is 17.5 Å². The van der Waals surface area contributed by atoms with Gasteiger partial charge in [-0.25, -0.2) is 4.98 Å². The van der Waals surface area contributed by atoms with E-state index in [4.69, 9.17) is 16.3 Å². The summed E-state index contributed by atoms with van der Waals surface area (Å²) >= 11 is 5.71. The smallest absolute Gasteiger partial charge is 0.417 e. The zero-order chi connectivity index (χ0) is 13.9. The Bertz CT molecular complexity index is 558. The summed E-state index contributed by atoms with van der Waals surface area (Å²) in [6.07, 6.45) is -3.76. The van der Waals surface area contributed by atoms with Gasteiger partial charge in [0.2, 0.25) is 5.88 Å². The van der Waals surface area contributed by atoms with Crippen molar-refractivity contribution in [3.8, 4) is 5.88 Å². The van der Waals surface area contributed by atoms with Crippen molar-refractivity contribution in [1.29, 1.82) is 0 Å². The molecule has 0 N–H and O–H groups in total. The number of alkyl halides is 3. The van der Waals surface area contributed by atoms with Crippen LogP contribution < -0.4 is 4.74 Å². The second-order valence-corrected chi connectivity index (χ2v) is 4.19. The lowest BCUT2D eigenvalue weighted by atomic mass is 10.2. The lowest BCUT2D eigenvalue weighted by molar-refractivity contribution is -0.137. The van der Waals surface area contributed by atoms with Crippen LogP contribution >= 0.6 is 11.6 Å². The molecule has 0 unspecified atom stereocenters. The average Bonchev–Trinajstić information content (AvgIpc) is 2.37. The van der Waals surface area contributed by atoms with Crippen LogP contribution in [0.2, 0.25) is 5.02 Å². The molecule has 0 saturated carbocycles. The van der Waals surface area contributed by atoms with Crippen LogP contribution in [0, 0.1) is 0 Å². The minimum absolute atomic E-state index is 0.0153. The number of hydrogen-bond donors (Lipinski definition) is 0. The zero-order valence-electron chi connectivity index (χ0n) is 9.62. The highest BCUT2D eigenvalue weighted by atomic mass is 35.5. The van der Waals surface area contributed by atoms with E-state index < -0.39 is 11.7 Å². The van der Waals surface area contributed by atoms with Crippen LogP contribution in [-0.4, -0.2) is 4.98 Å². The Morgan fingerprint density at radius 2 is 1.84 bits per heavy atom. The molecule has 0 spiro atoms. The zero-order valence-corrected chi connectivity index (χ0v) is 10.4. The third-order valence-corrected chi connectivity index (χ3v) is 2.62. The fourth-order valence-electron chi connectivity index (χ4n) is 1.41. The Labute approximate surface area is 112 Å². The first-order valence-corrected chi connectivity index (χ1v) is 5.74. The molecule has 0 atom stereocenters. The molecular weight excluding hydrogens is 279 g/mol. The van der Waals surface area contributed by atoms with Gasteiger partial charge in [-0.2, -0.15) is 13.2 Å². The first-order valence-electron chi connectivity index (χ1n) is 5.36. The lowest BCUT2D eigenvalue weighted by Gasteiger charge is -2.10. The maximum Gasteiger partial charge on any atom is 0.417 e. The van der Waals surface area contributed by atoms with E-state index >= 15 is 0 Å². The van der Waals surface area contributed by atoms with Gasteiger partial charge in [0.15, 0.2) is 0 Å². The van der Waals surface area contributed by atoms with Gasteiger partial charge < -0.3 is 4.74 Å². The fourth-order valence-corrected chi connectivity index (χ4v) is 1.63. The normalized spacial score (nSPS) is 11.4. The van der Waals surface area contributed by atoms with E-state index in [1.165, 1.54) is 0 Å². The molecule has 1 aromatic carbocycles. The molecule has 19 heavy (non-hydrogen) atoms. The SMILES string of the molecule is FC(F)(F)c1cnc(OCc2ccccc2)c(Cl)c1. The van der Waals surface area contributed by atoms with Crippen LogP contribution in [0.5, 0.6) is 5.88 Å². The van der Waals surface area contributed by atoms with Gasteiger partial charge >= 0.3 is 6.18 Å². The first-order chi connectivity index (χ1) is 8.97. The molecule has 0 saturated heterocycles. The van der Waals surface area contributed by atoms with E-state index in [0.717, 1.165) is 11.6 Å². The molecular formula is C13H9ClF3NO. The third-order valence-electron chi connectivity index (χ3n) is 2.35. The van der Waals surface area contributed by atoms with Crippen molar-refractivity contribution in [2.75, 3.05) is 0 Å². The topological polar surface area (TPSA) is 22.1 Å². The molecule has 0 aliphatic heterocycles. The van der Waals surface area contributed by atoms with E-state index in [1.807, 2.05) is 30.3 Å². The quantitative estimate of drug-likeness (QED) is 0.838. The van der Waals surface area contributed by atoms with Crippen LogP contribution in [0.25, 0.3) is 0 Å². The molecule has 0 radical (unpaired) electrons. The highest BCUT2D eigenvalue weighted by Gasteiger charge is 2.31. The van der Waals surface area contributed by atoms with E-state index in [1.54, 1.807) is 0 Å². The highest BCUT2D eigenvalue weighted by molar-refractivity contribution is 6.31. The average molecular weight is 288 g/mol. The molecule has 0 amide bonds. The predicted molar refractivity (Wildman–Crippen MR) is 65.0 cm³/mol. The molecule has 2 rings (SSSR count). The third kappa shape index (κ3) is 3.61. The van der Waals surface area contributed by atoms with Gasteiger partial charge in [0.1, 0.15) is 11.6 Å². The maximum absolute atomic E-state index is 12.4. The number of nitrogens with zero attached hydrogens (tertiary/aromatic N) is 1. The highest BCUT2D eigenvalue weighted by Crippen LogP contribution is 2.33. The Balaban J connectivity index is 2.10. The number of rotatable bonds is 3. The van der Waals surface area contributed by atoms with Gasteiger partial charge in [-0.1, -0.05) is 41.9 Å². The van der Waals surface area contributed by atoms with Crippen molar-refractivity contribution in [1.82, 2.24) is 4.98 Å². The summed E-state index contributed by atoms with van der Waals surface area (Å²) in [5.74, 6) is -0.0153. The summed E-state index contributed by atoms with van der Waals surface area (Å²) < 4.78 is 42.5. The van der Waals surface area contributed by atoms with Crippen LogP contribution in [0.1, 0.15) is 11.1 Å². The molecule has 6 heteroatoms. The molecule has 100 valence electrons. The van der Waals surface area contributed by atoms with Gasteiger partial charge in [-0.05, 0) is 11.6 Å². The molecule has 2 nitrogen and oxygen atoms in total. The van der Waals surface area contributed by atoms with Crippen LogP contribution in [0.4, 0.5) is 13.2 Å². The van der Waals surface area contributed by atoms with E-state index in [0.29, 0.717) is 6.20 Å². The summed E-state index contributed by atoms with van der Waals surface area (Å²) in [7, 11) is 0. The van der Waals surface area contributed by atoms with Crippen molar-refractivity contribution in [2.45, 2.75) is 12.8 Å². The van der Waals surface area contributed by atoms with Crippen molar-refractivity contribution in [3.63, 3.8) is 0 Å². The Kier molecular flexibility index (Phi) is 3.95.